The third-order valence-corrected chi connectivity index (χ3v) is 5.57. The normalized spacial score (nSPS) is 19.2. The lowest BCUT2D eigenvalue weighted by Crippen LogP contribution is -2.36. The van der Waals surface area contributed by atoms with Crippen LogP contribution in [0.3, 0.4) is 0 Å². The van der Waals surface area contributed by atoms with Crippen LogP contribution in [0.25, 0.3) is 0 Å². The minimum absolute atomic E-state index is 0.0668. The number of aromatic nitrogens is 2. The van der Waals surface area contributed by atoms with E-state index in [4.69, 9.17) is 11.0 Å². The quantitative estimate of drug-likeness (QED) is 0.632. The summed E-state index contributed by atoms with van der Waals surface area (Å²) in [5, 5.41) is 18.1. The van der Waals surface area contributed by atoms with Crippen molar-refractivity contribution in [2.75, 3.05) is 17.6 Å². The van der Waals surface area contributed by atoms with Crippen molar-refractivity contribution in [2.45, 2.75) is 44.6 Å². The summed E-state index contributed by atoms with van der Waals surface area (Å²) < 4.78 is 0. The van der Waals surface area contributed by atoms with E-state index in [0.29, 0.717) is 23.1 Å². The van der Waals surface area contributed by atoms with Gasteiger partial charge in [-0.05, 0) is 50.7 Å². The van der Waals surface area contributed by atoms with Crippen molar-refractivity contribution in [3.8, 4) is 6.07 Å². The van der Waals surface area contributed by atoms with Crippen LogP contribution in [0.2, 0.25) is 0 Å². The van der Waals surface area contributed by atoms with Gasteiger partial charge in [0, 0.05) is 30.1 Å². The van der Waals surface area contributed by atoms with Gasteiger partial charge in [0.1, 0.15) is 11.9 Å². The number of nitriles is 1. The molecule has 2 heterocycles. The van der Waals surface area contributed by atoms with E-state index >= 15 is 0 Å². The number of hydrogen-bond acceptors (Lipinski definition) is 7. The first-order valence-electron chi connectivity index (χ1n) is 9.25. The van der Waals surface area contributed by atoms with Gasteiger partial charge in [-0.25, -0.2) is 9.97 Å². The number of rotatable bonds is 7. The number of nitrogen functional groups attached to an aromatic ring is 1. The predicted octanol–water partition coefficient (Wildman–Crippen LogP) is 2.71. The average Bonchev–Trinajstić information content (AvgIpc) is 3.11. The molecule has 1 aliphatic rings. The highest BCUT2D eigenvalue weighted by atomic mass is 32.1. The summed E-state index contributed by atoms with van der Waals surface area (Å²) in [6.07, 6.45) is 6.87. The first kappa shape index (κ1) is 19.1. The van der Waals surface area contributed by atoms with E-state index in [1.54, 1.807) is 18.3 Å². The Kier molecular flexibility index (Phi) is 6.60. The Morgan fingerprint density at radius 3 is 2.89 bits per heavy atom. The molecule has 27 heavy (non-hydrogen) atoms. The van der Waals surface area contributed by atoms with Crippen LogP contribution in [0.5, 0.6) is 0 Å². The molecule has 0 bridgehead atoms. The van der Waals surface area contributed by atoms with E-state index in [0.717, 1.165) is 44.2 Å². The monoisotopic (exact) mass is 384 g/mol. The first-order chi connectivity index (χ1) is 13.2. The van der Waals surface area contributed by atoms with Crippen LogP contribution in [0.4, 0.5) is 10.9 Å². The van der Waals surface area contributed by atoms with Crippen LogP contribution in [0.15, 0.2) is 23.7 Å². The highest BCUT2D eigenvalue weighted by Crippen LogP contribution is 2.27. The lowest BCUT2D eigenvalue weighted by Gasteiger charge is -2.29. The summed E-state index contributed by atoms with van der Waals surface area (Å²) in [5.74, 6) is 0.842. The summed E-state index contributed by atoms with van der Waals surface area (Å²) in [7, 11) is 0. The van der Waals surface area contributed by atoms with Crippen LogP contribution >= 0.6 is 11.3 Å². The molecule has 0 radical (unpaired) electrons. The Morgan fingerprint density at radius 1 is 1.37 bits per heavy atom. The van der Waals surface area contributed by atoms with Gasteiger partial charge in [0.2, 0.25) is 5.91 Å². The Balaban J connectivity index is 1.37. The average molecular weight is 385 g/mol. The maximum absolute atomic E-state index is 12.4. The molecule has 2 aromatic rings. The number of aryl methyl sites for hydroxylation is 1. The number of carbonyl (C=O) groups excluding carboxylic acids is 1. The molecule has 0 aromatic carbocycles. The van der Waals surface area contributed by atoms with Gasteiger partial charge in [-0.15, -0.1) is 11.3 Å². The molecule has 1 fully saturated rings. The Labute approximate surface area is 163 Å². The van der Waals surface area contributed by atoms with Gasteiger partial charge in [-0.3, -0.25) is 4.79 Å². The highest BCUT2D eigenvalue weighted by molar-refractivity contribution is 7.13. The molecule has 1 saturated carbocycles. The Bertz CT molecular complexity index is 807. The van der Waals surface area contributed by atoms with Gasteiger partial charge in [-0.1, -0.05) is 0 Å². The molecule has 142 valence electrons. The van der Waals surface area contributed by atoms with Gasteiger partial charge in [0.05, 0.1) is 11.3 Å². The van der Waals surface area contributed by atoms with Crippen molar-refractivity contribution >= 4 is 28.2 Å². The summed E-state index contributed by atoms with van der Waals surface area (Å²) in [6, 6.07) is 5.93. The number of nitrogens with one attached hydrogen (secondary N) is 2. The van der Waals surface area contributed by atoms with Crippen LogP contribution in [0, 0.1) is 17.2 Å². The van der Waals surface area contributed by atoms with E-state index < -0.39 is 0 Å². The number of pyridine rings is 1. The molecule has 0 aliphatic heterocycles. The number of nitrogens with zero attached hydrogens (tertiary/aromatic N) is 3. The zero-order valence-electron chi connectivity index (χ0n) is 15.1. The molecule has 7 nitrogen and oxygen atoms in total. The molecule has 0 unspecified atom stereocenters. The topological polar surface area (TPSA) is 117 Å². The van der Waals surface area contributed by atoms with E-state index in [1.165, 1.54) is 11.3 Å². The largest absolute Gasteiger partial charge is 0.375 e. The van der Waals surface area contributed by atoms with Crippen LogP contribution in [0.1, 0.15) is 43.4 Å². The lowest BCUT2D eigenvalue weighted by atomic mass is 9.85. The Morgan fingerprint density at radius 2 is 2.19 bits per heavy atom. The number of hydrogen-bond donors (Lipinski definition) is 3. The van der Waals surface area contributed by atoms with Gasteiger partial charge in [-0.2, -0.15) is 5.26 Å². The van der Waals surface area contributed by atoms with Gasteiger partial charge in [0.25, 0.3) is 0 Å². The minimum atomic E-state index is 0.0668. The molecular formula is C19H24N6OS. The summed E-state index contributed by atoms with van der Waals surface area (Å²) in [6.45, 7) is 0.661. The molecule has 0 atom stereocenters. The number of thiazole rings is 1. The third-order valence-electron chi connectivity index (χ3n) is 4.85. The molecule has 3 rings (SSSR count). The van der Waals surface area contributed by atoms with Gasteiger partial charge >= 0.3 is 0 Å². The third kappa shape index (κ3) is 5.41. The van der Waals surface area contributed by atoms with E-state index in [2.05, 4.69) is 26.7 Å². The molecule has 0 saturated heterocycles. The van der Waals surface area contributed by atoms with Crippen LogP contribution in [-0.4, -0.2) is 28.5 Å². The van der Waals surface area contributed by atoms with E-state index in [1.807, 2.05) is 5.38 Å². The van der Waals surface area contributed by atoms with Crippen molar-refractivity contribution in [2.24, 2.45) is 5.92 Å². The van der Waals surface area contributed by atoms with E-state index in [9.17, 15) is 4.79 Å². The zero-order valence-corrected chi connectivity index (χ0v) is 16.0. The maximum Gasteiger partial charge on any atom is 0.223 e. The van der Waals surface area contributed by atoms with Crippen molar-refractivity contribution in [3.63, 3.8) is 0 Å². The smallest absolute Gasteiger partial charge is 0.223 e. The first-order valence-corrected chi connectivity index (χ1v) is 10.1. The second-order valence-electron chi connectivity index (χ2n) is 6.78. The van der Waals surface area contributed by atoms with Crippen LogP contribution < -0.4 is 16.4 Å². The van der Waals surface area contributed by atoms with Gasteiger partial charge < -0.3 is 16.4 Å². The molecule has 1 amide bonds. The number of carbonyl (C=O) groups is 1. The summed E-state index contributed by atoms with van der Waals surface area (Å²) in [5.41, 5.74) is 7.16. The fraction of sp³-hybridized carbons (Fsp3) is 0.474. The number of anilines is 2. The SMILES string of the molecule is N#Cc1cccnc1NC1CCC(C(=O)NCCCc2csc(N)n2)CC1. The van der Waals surface area contributed by atoms with E-state index in [-0.39, 0.29) is 17.9 Å². The molecule has 4 N–H and O–H groups in total. The number of nitrogens with two attached hydrogens (primary N) is 1. The lowest BCUT2D eigenvalue weighted by molar-refractivity contribution is -0.125. The minimum Gasteiger partial charge on any atom is -0.375 e. The predicted molar refractivity (Wildman–Crippen MR) is 106 cm³/mol. The molecule has 2 aromatic heterocycles. The zero-order chi connectivity index (χ0) is 19.1. The van der Waals surface area contributed by atoms with Crippen molar-refractivity contribution < 1.29 is 4.79 Å². The molecule has 1 aliphatic carbocycles. The van der Waals surface area contributed by atoms with Gasteiger partial charge in [0.15, 0.2) is 5.13 Å². The second kappa shape index (κ2) is 9.33. The fourth-order valence-corrected chi connectivity index (χ4v) is 3.96. The van der Waals surface area contributed by atoms with Crippen molar-refractivity contribution in [3.05, 3.63) is 35.0 Å². The summed E-state index contributed by atoms with van der Waals surface area (Å²) in [4.78, 5) is 20.8. The Hall–Kier alpha value is -2.66. The maximum atomic E-state index is 12.4. The fourth-order valence-electron chi connectivity index (χ4n) is 3.37. The highest BCUT2D eigenvalue weighted by Gasteiger charge is 2.26. The van der Waals surface area contributed by atoms with Crippen molar-refractivity contribution in [1.82, 2.24) is 15.3 Å². The van der Waals surface area contributed by atoms with Crippen LogP contribution in [-0.2, 0) is 11.2 Å². The number of amides is 1. The summed E-state index contributed by atoms with van der Waals surface area (Å²) >= 11 is 1.45. The van der Waals surface area contributed by atoms with Crippen molar-refractivity contribution in [1.29, 1.82) is 5.26 Å². The molecular weight excluding hydrogens is 360 g/mol. The molecule has 8 heteroatoms. The standard InChI is InChI=1S/C19H24N6OS/c20-11-14-3-1-9-22-17(14)24-15-7-5-13(6-8-15)18(26)23-10-2-4-16-12-27-19(21)25-16/h1,3,9,12-13,15H,2,4-8,10H2,(H2,21,25)(H,22,24)(H,23,26). The second-order valence-corrected chi connectivity index (χ2v) is 7.67. The molecule has 0 spiro atoms.